The van der Waals surface area contributed by atoms with Crippen LogP contribution < -0.4 is 4.74 Å². The molecule has 1 aromatic rings. The number of ether oxygens (including phenoxy) is 1. The molecule has 2 nitrogen and oxygen atoms in total. The van der Waals surface area contributed by atoms with E-state index in [1.165, 1.54) is 0 Å². The standard InChI is InChI=1S/C12H17Cl2NO/c1-9-6-11(14)7-10(12(9)16-3)8-15(2)5-4-13/h6-7H,4-5,8H2,1-3H3. The minimum absolute atomic E-state index is 0.623. The number of methoxy groups -OCH3 is 1. The average Bonchev–Trinajstić information content (AvgIpc) is 2.17. The van der Waals surface area contributed by atoms with Crippen molar-refractivity contribution in [3.05, 3.63) is 28.3 Å². The highest BCUT2D eigenvalue weighted by Gasteiger charge is 2.10. The number of hydrogen-bond donors (Lipinski definition) is 0. The summed E-state index contributed by atoms with van der Waals surface area (Å²) in [6.07, 6.45) is 0. The number of aryl methyl sites for hydroxylation is 1. The summed E-state index contributed by atoms with van der Waals surface area (Å²) in [6.45, 7) is 3.63. The zero-order valence-corrected chi connectivity index (χ0v) is 11.4. The fourth-order valence-electron chi connectivity index (χ4n) is 1.72. The fraction of sp³-hybridized carbons (Fsp3) is 0.500. The summed E-state index contributed by atoms with van der Waals surface area (Å²) in [4.78, 5) is 2.14. The maximum Gasteiger partial charge on any atom is 0.126 e. The Kier molecular flexibility index (Phi) is 5.39. The smallest absolute Gasteiger partial charge is 0.126 e. The molecular formula is C12H17Cl2NO. The Hall–Kier alpha value is -0.440. The lowest BCUT2D eigenvalue weighted by molar-refractivity contribution is 0.334. The van der Waals surface area contributed by atoms with Crippen molar-refractivity contribution in [2.75, 3.05) is 26.6 Å². The van der Waals surface area contributed by atoms with Crippen molar-refractivity contribution in [1.29, 1.82) is 0 Å². The summed E-state index contributed by atoms with van der Waals surface area (Å²) in [5.41, 5.74) is 2.16. The zero-order chi connectivity index (χ0) is 12.1. The van der Waals surface area contributed by atoms with E-state index < -0.39 is 0 Å². The Morgan fingerprint density at radius 1 is 1.38 bits per heavy atom. The normalized spacial score (nSPS) is 10.9. The first-order valence-corrected chi connectivity index (χ1v) is 6.07. The largest absolute Gasteiger partial charge is 0.496 e. The molecule has 0 saturated heterocycles. The topological polar surface area (TPSA) is 12.5 Å². The van der Waals surface area contributed by atoms with Crippen molar-refractivity contribution < 1.29 is 4.74 Å². The van der Waals surface area contributed by atoms with Gasteiger partial charge in [0.2, 0.25) is 0 Å². The molecule has 0 radical (unpaired) electrons. The van der Waals surface area contributed by atoms with Gasteiger partial charge in [0.05, 0.1) is 7.11 Å². The molecule has 16 heavy (non-hydrogen) atoms. The highest BCUT2D eigenvalue weighted by molar-refractivity contribution is 6.30. The molecule has 4 heteroatoms. The van der Waals surface area contributed by atoms with Crippen LogP contribution in [0.3, 0.4) is 0 Å². The molecule has 1 rings (SSSR count). The van der Waals surface area contributed by atoms with Gasteiger partial charge in [0.1, 0.15) is 5.75 Å². The van der Waals surface area contributed by atoms with Crippen molar-refractivity contribution in [3.8, 4) is 5.75 Å². The lowest BCUT2D eigenvalue weighted by atomic mass is 10.1. The van der Waals surface area contributed by atoms with E-state index >= 15 is 0 Å². The molecule has 0 atom stereocenters. The lowest BCUT2D eigenvalue weighted by Gasteiger charge is -2.18. The first-order valence-electron chi connectivity index (χ1n) is 5.16. The van der Waals surface area contributed by atoms with E-state index in [0.29, 0.717) is 5.88 Å². The SMILES string of the molecule is COc1c(C)cc(Cl)cc1CN(C)CCCl. The zero-order valence-electron chi connectivity index (χ0n) is 9.89. The van der Waals surface area contributed by atoms with Crippen LogP contribution in [-0.2, 0) is 6.54 Å². The Bertz CT molecular complexity index is 355. The van der Waals surface area contributed by atoms with Crippen LogP contribution in [0.15, 0.2) is 12.1 Å². The molecular weight excluding hydrogens is 245 g/mol. The second-order valence-corrected chi connectivity index (χ2v) is 4.66. The summed E-state index contributed by atoms with van der Waals surface area (Å²) in [5, 5.41) is 0.743. The minimum atomic E-state index is 0.623. The van der Waals surface area contributed by atoms with Crippen molar-refractivity contribution in [2.24, 2.45) is 0 Å². The van der Waals surface area contributed by atoms with E-state index in [0.717, 1.165) is 35.0 Å². The van der Waals surface area contributed by atoms with E-state index in [-0.39, 0.29) is 0 Å². The first kappa shape index (κ1) is 13.6. The van der Waals surface area contributed by atoms with E-state index in [9.17, 15) is 0 Å². The van der Waals surface area contributed by atoms with E-state index in [4.69, 9.17) is 27.9 Å². The number of nitrogens with zero attached hydrogens (tertiary/aromatic N) is 1. The van der Waals surface area contributed by atoms with Gasteiger partial charge in [-0.05, 0) is 31.7 Å². The predicted molar refractivity (Wildman–Crippen MR) is 69.8 cm³/mol. The van der Waals surface area contributed by atoms with Gasteiger partial charge in [0.15, 0.2) is 0 Å². The van der Waals surface area contributed by atoms with Crippen molar-refractivity contribution in [3.63, 3.8) is 0 Å². The average molecular weight is 262 g/mol. The van der Waals surface area contributed by atoms with Gasteiger partial charge in [-0.25, -0.2) is 0 Å². The first-order chi connectivity index (χ1) is 7.58. The third-order valence-corrected chi connectivity index (χ3v) is 2.81. The fourth-order valence-corrected chi connectivity index (χ4v) is 2.31. The number of hydrogen-bond acceptors (Lipinski definition) is 2. The van der Waals surface area contributed by atoms with Gasteiger partial charge in [0.25, 0.3) is 0 Å². The molecule has 0 saturated carbocycles. The molecule has 0 unspecified atom stereocenters. The molecule has 0 aromatic heterocycles. The molecule has 0 spiro atoms. The molecule has 0 aliphatic carbocycles. The molecule has 0 aliphatic rings. The van der Waals surface area contributed by atoms with Crippen LogP contribution in [-0.4, -0.2) is 31.5 Å². The Morgan fingerprint density at radius 3 is 2.62 bits per heavy atom. The molecule has 0 bridgehead atoms. The number of rotatable bonds is 5. The predicted octanol–water partition coefficient (Wildman–Crippen LogP) is 3.33. The van der Waals surface area contributed by atoms with Crippen LogP contribution in [0, 0.1) is 6.92 Å². The molecule has 0 fully saturated rings. The van der Waals surface area contributed by atoms with Crippen molar-refractivity contribution in [2.45, 2.75) is 13.5 Å². The van der Waals surface area contributed by atoms with Gasteiger partial charge in [-0.1, -0.05) is 11.6 Å². The van der Waals surface area contributed by atoms with E-state index in [1.807, 2.05) is 26.1 Å². The second-order valence-electron chi connectivity index (χ2n) is 3.84. The van der Waals surface area contributed by atoms with Crippen LogP contribution in [0.5, 0.6) is 5.75 Å². The van der Waals surface area contributed by atoms with Crippen LogP contribution in [0.4, 0.5) is 0 Å². The molecule has 0 heterocycles. The van der Waals surface area contributed by atoms with Gasteiger partial charge in [-0.2, -0.15) is 0 Å². The van der Waals surface area contributed by atoms with Crippen LogP contribution >= 0.6 is 23.2 Å². The van der Waals surface area contributed by atoms with Gasteiger partial charge < -0.3 is 9.64 Å². The minimum Gasteiger partial charge on any atom is -0.496 e. The van der Waals surface area contributed by atoms with E-state index in [2.05, 4.69) is 4.90 Å². The Labute approximate surface area is 107 Å². The molecule has 0 N–H and O–H groups in total. The van der Waals surface area contributed by atoms with Gasteiger partial charge in [0, 0.05) is 29.6 Å². The monoisotopic (exact) mass is 261 g/mol. The maximum atomic E-state index is 6.04. The van der Waals surface area contributed by atoms with Crippen LogP contribution in [0.25, 0.3) is 0 Å². The van der Waals surface area contributed by atoms with Gasteiger partial charge in [-0.15, -0.1) is 11.6 Å². The number of benzene rings is 1. The molecule has 1 aromatic carbocycles. The van der Waals surface area contributed by atoms with Gasteiger partial charge >= 0.3 is 0 Å². The second kappa shape index (κ2) is 6.33. The Balaban J connectivity index is 2.93. The summed E-state index contributed by atoms with van der Waals surface area (Å²) >= 11 is 11.7. The van der Waals surface area contributed by atoms with Crippen LogP contribution in [0.1, 0.15) is 11.1 Å². The number of halogens is 2. The summed E-state index contributed by atoms with van der Waals surface area (Å²) in [5.74, 6) is 1.53. The summed E-state index contributed by atoms with van der Waals surface area (Å²) < 4.78 is 5.39. The highest BCUT2D eigenvalue weighted by Crippen LogP contribution is 2.28. The van der Waals surface area contributed by atoms with Crippen molar-refractivity contribution >= 4 is 23.2 Å². The molecule has 0 amide bonds. The third kappa shape index (κ3) is 3.55. The molecule has 0 aliphatic heterocycles. The maximum absolute atomic E-state index is 6.04. The quantitative estimate of drug-likeness (QED) is 0.755. The third-order valence-electron chi connectivity index (χ3n) is 2.43. The number of alkyl halides is 1. The van der Waals surface area contributed by atoms with Crippen molar-refractivity contribution in [1.82, 2.24) is 4.90 Å². The molecule has 90 valence electrons. The summed E-state index contributed by atoms with van der Waals surface area (Å²) in [7, 11) is 3.71. The van der Waals surface area contributed by atoms with Gasteiger partial charge in [-0.3, -0.25) is 0 Å². The Morgan fingerprint density at radius 2 is 2.06 bits per heavy atom. The van der Waals surface area contributed by atoms with Crippen LogP contribution in [0.2, 0.25) is 5.02 Å². The highest BCUT2D eigenvalue weighted by atomic mass is 35.5. The summed E-state index contributed by atoms with van der Waals surface area (Å²) in [6, 6.07) is 3.85. The van der Waals surface area contributed by atoms with E-state index in [1.54, 1.807) is 7.11 Å². The lowest BCUT2D eigenvalue weighted by Crippen LogP contribution is -2.20.